The highest BCUT2D eigenvalue weighted by atomic mass is 19.1. The molecule has 0 unspecified atom stereocenters. The van der Waals surface area contributed by atoms with Crippen molar-refractivity contribution >= 4 is 17.5 Å². The molecule has 9 heteroatoms. The van der Waals surface area contributed by atoms with Gasteiger partial charge in [0.25, 0.3) is 11.8 Å². The van der Waals surface area contributed by atoms with Crippen molar-refractivity contribution in [3.8, 4) is 11.3 Å². The summed E-state index contributed by atoms with van der Waals surface area (Å²) in [5, 5.41) is 9.69. The number of carbonyl (C=O) groups is 2. The van der Waals surface area contributed by atoms with Gasteiger partial charge in [-0.1, -0.05) is 12.1 Å². The maximum atomic E-state index is 14.2. The lowest BCUT2D eigenvalue weighted by Crippen LogP contribution is -2.23. The number of pyridine rings is 1. The molecule has 7 nitrogen and oxygen atoms in total. The van der Waals surface area contributed by atoms with Crippen LogP contribution in [0.5, 0.6) is 0 Å². The van der Waals surface area contributed by atoms with E-state index in [1.54, 1.807) is 55.8 Å². The lowest BCUT2D eigenvalue weighted by atomic mass is 10.1. The molecule has 0 bridgehead atoms. The lowest BCUT2D eigenvalue weighted by Gasteiger charge is -2.08. The van der Waals surface area contributed by atoms with E-state index in [1.807, 2.05) is 0 Å². The first-order valence-electron chi connectivity index (χ1n) is 9.98. The first-order chi connectivity index (χ1) is 15.9. The molecule has 0 saturated carbocycles. The van der Waals surface area contributed by atoms with Crippen LogP contribution in [0, 0.1) is 11.6 Å². The molecule has 0 atom stereocenters. The van der Waals surface area contributed by atoms with Crippen LogP contribution in [0.25, 0.3) is 11.3 Å². The first-order valence-corrected chi connectivity index (χ1v) is 9.98. The average Bonchev–Trinajstić information content (AvgIpc) is 3.20. The van der Waals surface area contributed by atoms with Gasteiger partial charge in [0.2, 0.25) is 0 Å². The topological polar surface area (TPSA) is 88.9 Å². The highest BCUT2D eigenvalue weighted by molar-refractivity contribution is 6.04. The van der Waals surface area contributed by atoms with Gasteiger partial charge in [-0.3, -0.25) is 19.3 Å². The molecule has 2 N–H and O–H groups in total. The molecule has 0 spiro atoms. The smallest absolute Gasteiger partial charge is 0.255 e. The number of halogens is 2. The van der Waals surface area contributed by atoms with Crippen LogP contribution >= 0.6 is 0 Å². The van der Waals surface area contributed by atoms with Gasteiger partial charge in [-0.05, 0) is 42.0 Å². The average molecular weight is 447 g/mol. The number of anilines is 1. The summed E-state index contributed by atoms with van der Waals surface area (Å²) in [4.78, 5) is 29.0. The Morgan fingerprint density at radius 1 is 0.970 bits per heavy atom. The van der Waals surface area contributed by atoms with Crippen LogP contribution in [0.3, 0.4) is 0 Å². The molecule has 0 aliphatic heterocycles. The predicted octanol–water partition coefficient (Wildman–Crippen LogP) is 3.94. The Kier molecular flexibility index (Phi) is 6.21. The van der Waals surface area contributed by atoms with Crippen LogP contribution in [0.15, 0.2) is 73.2 Å². The van der Waals surface area contributed by atoms with Crippen molar-refractivity contribution in [3.63, 3.8) is 0 Å². The number of hydrogen-bond donors (Lipinski definition) is 2. The third-order valence-electron chi connectivity index (χ3n) is 4.87. The molecular weight excluding hydrogens is 428 g/mol. The molecule has 2 amide bonds. The number of aryl methyl sites for hydroxylation is 1. The highest BCUT2D eigenvalue weighted by Gasteiger charge is 2.20. The standard InChI is InChI=1S/C24H19F2N5O2/c1-31-14-20(22(30-31)19-7-6-17(25)12-21(19)26)24(33)28-13-15-2-4-16(5-3-15)23(32)29-18-8-10-27-11-9-18/h2-12,14H,13H2,1H3,(H,28,33)(H,27,29,32). The minimum absolute atomic E-state index is 0.0340. The Hall–Kier alpha value is -4.40. The quantitative estimate of drug-likeness (QED) is 0.469. The van der Waals surface area contributed by atoms with Gasteiger partial charge in [0.1, 0.15) is 17.3 Å². The Balaban J connectivity index is 1.43. The van der Waals surface area contributed by atoms with Crippen LogP contribution in [-0.2, 0) is 13.6 Å². The molecule has 0 fully saturated rings. The highest BCUT2D eigenvalue weighted by Crippen LogP contribution is 2.25. The van der Waals surface area contributed by atoms with Gasteiger partial charge in [0, 0.05) is 55.1 Å². The Labute approximate surface area is 188 Å². The fraction of sp³-hybridized carbons (Fsp3) is 0.0833. The fourth-order valence-corrected chi connectivity index (χ4v) is 3.23. The molecule has 0 radical (unpaired) electrons. The predicted molar refractivity (Wildman–Crippen MR) is 118 cm³/mol. The molecule has 0 aliphatic carbocycles. The summed E-state index contributed by atoms with van der Waals surface area (Å²) in [6.45, 7) is 0.186. The summed E-state index contributed by atoms with van der Waals surface area (Å²) < 4.78 is 28.9. The van der Waals surface area contributed by atoms with E-state index in [9.17, 15) is 18.4 Å². The van der Waals surface area contributed by atoms with Gasteiger partial charge in [-0.2, -0.15) is 5.10 Å². The minimum Gasteiger partial charge on any atom is -0.348 e. The fourth-order valence-electron chi connectivity index (χ4n) is 3.23. The Morgan fingerprint density at radius 3 is 2.39 bits per heavy atom. The zero-order chi connectivity index (χ0) is 23.4. The van der Waals surface area contributed by atoms with Crippen molar-refractivity contribution in [2.75, 3.05) is 5.32 Å². The van der Waals surface area contributed by atoms with Crippen molar-refractivity contribution in [2.24, 2.45) is 7.05 Å². The second-order valence-corrected chi connectivity index (χ2v) is 7.26. The number of benzene rings is 2. The SMILES string of the molecule is Cn1cc(C(=O)NCc2ccc(C(=O)Nc3ccncc3)cc2)c(-c2ccc(F)cc2F)n1. The van der Waals surface area contributed by atoms with Gasteiger partial charge < -0.3 is 10.6 Å². The number of aromatic nitrogens is 3. The number of nitrogens with one attached hydrogen (secondary N) is 2. The summed E-state index contributed by atoms with van der Waals surface area (Å²) in [7, 11) is 1.61. The molecular formula is C24H19F2N5O2. The summed E-state index contributed by atoms with van der Waals surface area (Å²) in [5.41, 5.74) is 2.18. The largest absolute Gasteiger partial charge is 0.348 e. The molecule has 2 aromatic carbocycles. The van der Waals surface area contributed by atoms with E-state index >= 15 is 0 Å². The van der Waals surface area contributed by atoms with Crippen LogP contribution in [0.4, 0.5) is 14.5 Å². The van der Waals surface area contributed by atoms with Crippen molar-refractivity contribution in [1.29, 1.82) is 0 Å². The first kappa shape index (κ1) is 21.8. The maximum Gasteiger partial charge on any atom is 0.255 e. The maximum absolute atomic E-state index is 14.2. The lowest BCUT2D eigenvalue weighted by molar-refractivity contribution is 0.0950. The van der Waals surface area contributed by atoms with Crippen molar-refractivity contribution < 1.29 is 18.4 Å². The molecule has 33 heavy (non-hydrogen) atoms. The van der Waals surface area contributed by atoms with Crippen molar-refractivity contribution in [3.05, 3.63) is 102 Å². The number of nitrogens with zero attached hydrogens (tertiary/aromatic N) is 3. The number of hydrogen-bond acceptors (Lipinski definition) is 4. The van der Waals surface area contributed by atoms with Crippen LogP contribution < -0.4 is 10.6 Å². The van der Waals surface area contributed by atoms with Gasteiger partial charge in [-0.25, -0.2) is 8.78 Å². The second kappa shape index (κ2) is 9.39. The minimum atomic E-state index is -0.802. The van der Waals surface area contributed by atoms with E-state index in [2.05, 4.69) is 20.7 Å². The Bertz CT molecular complexity index is 1300. The summed E-state index contributed by atoms with van der Waals surface area (Å²) in [5.74, 6) is -2.24. The van der Waals surface area contributed by atoms with E-state index in [-0.39, 0.29) is 29.3 Å². The molecule has 0 aliphatic rings. The number of carbonyl (C=O) groups excluding carboxylic acids is 2. The number of amides is 2. The van der Waals surface area contributed by atoms with Gasteiger partial charge in [0.05, 0.1) is 5.56 Å². The van der Waals surface area contributed by atoms with Gasteiger partial charge in [0.15, 0.2) is 0 Å². The van der Waals surface area contributed by atoms with E-state index in [1.165, 1.54) is 16.9 Å². The molecule has 0 saturated heterocycles. The third kappa shape index (κ3) is 5.09. The molecule has 4 rings (SSSR count). The zero-order valence-electron chi connectivity index (χ0n) is 17.5. The van der Waals surface area contributed by atoms with Crippen molar-refractivity contribution in [1.82, 2.24) is 20.1 Å². The molecule has 2 heterocycles. The van der Waals surface area contributed by atoms with E-state index in [0.717, 1.165) is 17.7 Å². The van der Waals surface area contributed by atoms with Crippen LogP contribution in [0.2, 0.25) is 0 Å². The number of rotatable bonds is 6. The Morgan fingerprint density at radius 2 is 1.70 bits per heavy atom. The van der Waals surface area contributed by atoms with Crippen molar-refractivity contribution in [2.45, 2.75) is 6.54 Å². The second-order valence-electron chi connectivity index (χ2n) is 7.26. The van der Waals surface area contributed by atoms with Crippen LogP contribution in [0.1, 0.15) is 26.3 Å². The molecule has 2 aromatic heterocycles. The molecule has 4 aromatic rings. The molecule has 166 valence electrons. The summed E-state index contributed by atoms with van der Waals surface area (Å²) >= 11 is 0. The van der Waals surface area contributed by atoms with E-state index < -0.39 is 17.5 Å². The van der Waals surface area contributed by atoms with Gasteiger partial charge in [-0.15, -0.1) is 0 Å². The summed E-state index contributed by atoms with van der Waals surface area (Å²) in [6, 6.07) is 13.2. The third-order valence-corrected chi connectivity index (χ3v) is 4.87. The zero-order valence-corrected chi connectivity index (χ0v) is 17.5. The van der Waals surface area contributed by atoms with E-state index in [4.69, 9.17) is 0 Å². The summed E-state index contributed by atoms with van der Waals surface area (Å²) in [6.07, 6.45) is 4.64. The van der Waals surface area contributed by atoms with Crippen LogP contribution in [-0.4, -0.2) is 26.6 Å². The monoisotopic (exact) mass is 447 g/mol. The van der Waals surface area contributed by atoms with E-state index in [0.29, 0.717) is 11.3 Å². The van der Waals surface area contributed by atoms with Gasteiger partial charge >= 0.3 is 0 Å². The normalized spacial score (nSPS) is 10.6.